The van der Waals surface area contributed by atoms with Crippen LogP contribution in [0.2, 0.25) is 0 Å². The summed E-state index contributed by atoms with van der Waals surface area (Å²) < 4.78 is 39.2. The minimum Gasteiger partial charge on any atom is -0.368 e. The fraction of sp³-hybridized carbons (Fsp3) is 0.400. The molecule has 2 atom stereocenters. The second-order valence-corrected chi connectivity index (χ2v) is 5.64. The molecule has 1 aliphatic heterocycles. The van der Waals surface area contributed by atoms with Crippen molar-refractivity contribution in [2.24, 2.45) is 11.7 Å². The molecule has 1 saturated heterocycles. The number of hydrogen-bond donors (Lipinski definition) is 1. The maximum atomic E-state index is 13.1. The molecule has 0 bridgehead atoms. The van der Waals surface area contributed by atoms with Crippen LogP contribution in [0.4, 0.5) is 18.9 Å². The molecule has 2 aromatic rings. The molecule has 0 amide bonds. The molecule has 2 N–H and O–H groups in total. The van der Waals surface area contributed by atoms with Crippen LogP contribution < -0.4 is 10.6 Å². The van der Waals surface area contributed by atoms with Crippen LogP contribution in [0.1, 0.15) is 12.0 Å². The number of rotatable bonds is 1. The van der Waals surface area contributed by atoms with Crippen molar-refractivity contribution in [2.45, 2.75) is 18.6 Å². The molecule has 0 spiro atoms. The normalized spacial score (nSPS) is 22.1. The molecule has 5 nitrogen and oxygen atoms in total. The Morgan fingerprint density at radius 1 is 1.17 bits per heavy atom. The van der Waals surface area contributed by atoms with Gasteiger partial charge >= 0.3 is 6.18 Å². The Morgan fingerprint density at radius 2 is 1.87 bits per heavy atom. The summed E-state index contributed by atoms with van der Waals surface area (Å²) in [6, 6.07) is 4.61. The van der Waals surface area contributed by atoms with E-state index >= 15 is 0 Å². The molecule has 0 radical (unpaired) electrons. The number of nitriles is 1. The first kappa shape index (κ1) is 15.5. The number of aromatic nitrogens is 2. The molecular weight excluding hydrogens is 307 g/mol. The van der Waals surface area contributed by atoms with E-state index in [0.29, 0.717) is 28.8 Å². The smallest absolute Gasteiger partial charge is 0.368 e. The summed E-state index contributed by atoms with van der Waals surface area (Å²) >= 11 is 0. The number of alkyl halides is 3. The minimum absolute atomic E-state index is 0.0834. The Bertz CT molecular complexity index is 768. The average Bonchev–Trinajstić information content (AvgIpc) is 2.52. The van der Waals surface area contributed by atoms with Crippen molar-refractivity contribution in [1.82, 2.24) is 9.97 Å². The number of anilines is 1. The van der Waals surface area contributed by atoms with Gasteiger partial charge in [0.15, 0.2) is 0 Å². The first-order chi connectivity index (χ1) is 10.9. The third-order valence-electron chi connectivity index (χ3n) is 4.01. The highest BCUT2D eigenvalue weighted by molar-refractivity contribution is 5.92. The van der Waals surface area contributed by atoms with Crippen LogP contribution in [0, 0.1) is 17.2 Å². The zero-order valence-electron chi connectivity index (χ0n) is 12.1. The van der Waals surface area contributed by atoms with Crippen molar-refractivity contribution in [2.75, 3.05) is 18.0 Å². The van der Waals surface area contributed by atoms with Gasteiger partial charge in [-0.3, -0.25) is 9.97 Å². The van der Waals surface area contributed by atoms with Gasteiger partial charge < -0.3 is 10.6 Å². The third kappa shape index (κ3) is 2.92. The molecule has 120 valence electrons. The van der Waals surface area contributed by atoms with Crippen LogP contribution in [0.3, 0.4) is 0 Å². The van der Waals surface area contributed by atoms with Crippen LogP contribution in [0.5, 0.6) is 0 Å². The van der Waals surface area contributed by atoms with Crippen molar-refractivity contribution >= 4 is 16.7 Å². The van der Waals surface area contributed by atoms with Gasteiger partial charge in [-0.2, -0.15) is 18.4 Å². The Morgan fingerprint density at radius 3 is 2.52 bits per heavy atom. The molecule has 23 heavy (non-hydrogen) atoms. The van der Waals surface area contributed by atoms with Gasteiger partial charge in [0.1, 0.15) is 17.1 Å². The highest BCUT2D eigenvalue weighted by Crippen LogP contribution is 2.36. The molecule has 1 aliphatic rings. The lowest BCUT2D eigenvalue weighted by atomic mass is 9.93. The van der Waals surface area contributed by atoms with E-state index in [1.165, 1.54) is 12.4 Å². The van der Waals surface area contributed by atoms with E-state index in [1.54, 1.807) is 17.0 Å². The Labute approximate surface area is 130 Å². The zero-order valence-corrected chi connectivity index (χ0v) is 12.1. The van der Waals surface area contributed by atoms with E-state index in [4.69, 9.17) is 11.0 Å². The number of fused-ring (bicyclic) bond motifs is 1. The number of hydrogen-bond acceptors (Lipinski definition) is 5. The lowest BCUT2D eigenvalue weighted by Gasteiger charge is -2.38. The van der Waals surface area contributed by atoms with Crippen LogP contribution in [0.15, 0.2) is 24.5 Å². The highest BCUT2D eigenvalue weighted by Gasteiger charge is 2.44. The van der Waals surface area contributed by atoms with Gasteiger partial charge in [0, 0.05) is 31.5 Å². The van der Waals surface area contributed by atoms with Gasteiger partial charge in [-0.1, -0.05) is 0 Å². The summed E-state index contributed by atoms with van der Waals surface area (Å²) in [5.74, 6) is -1.48. The first-order valence-corrected chi connectivity index (χ1v) is 7.11. The molecule has 2 unspecified atom stereocenters. The van der Waals surface area contributed by atoms with Crippen LogP contribution in [0.25, 0.3) is 11.0 Å². The molecule has 1 fully saturated rings. The van der Waals surface area contributed by atoms with E-state index in [-0.39, 0.29) is 13.0 Å². The Balaban J connectivity index is 2.05. The van der Waals surface area contributed by atoms with E-state index < -0.39 is 18.1 Å². The van der Waals surface area contributed by atoms with Crippen molar-refractivity contribution < 1.29 is 13.2 Å². The van der Waals surface area contributed by atoms with Gasteiger partial charge in [-0.15, -0.1) is 0 Å². The monoisotopic (exact) mass is 321 g/mol. The van der Waals surface area contributed by atoms with Crippen LogP contribution in [-0.4, -0.2) is 35.3 Å². The molecule has 1 aromatic heterocycles. The summed E-state index contributed by atoms with van der Waals surface area (Å²) in [6.45, 7) is 0.138. The maximum Gasteiger partial charge on any atom is 0.393 e. The number of benzene rings is 1. The maximum absolute atomic E-state index is 13.1. The van der Waals surface area contributed by atoms with Gasteiger partial charge in [-0.25, -0.2) is 0 Å². The number of nitrogens with zero attached hydrogens (tertiary/aromatic N) is 4. The molecule has 1 aromatic carbocycles. The fourth-order valence-electron chi connectivity index (χ4n) is 2.96. The first-order valence-electron chi connectivity index (χ1n) is 7.11. The molecule has 2 heterocycles. The van der Waals surface area contributed by atoms with Crippen molar-refractivity contribution in [3.63, 3.8) is 0 Å². The lowest BCUT2D eigenvalue weighted by Crippen LogP contribution is -2.51. The summed E-state index contributed by atoms with van der Waals surface area (Å²) in [5, 5.41) is 9.13. The van der Waals surface area contributed by atoms with Crippen LogP contribution >= 0.6 is 0 Å². The summed E-state index contributed by atoms with van der Waals surface area (Å²) in [5.41, 5.74) is 7.49. The SMILES string of the molecule is N#Cc1ccc(N2CC(N)CC(C(F)(F)F)C2)c2nccnc12. The molecular formula is C15H14F3N5. The van der Waals surface area contributed by atoms with Crippen molar-refractivity contribution in [3.8, 4) is 6.07 Å². The van der Waals surface area contributed by atoms with Crippen molar-refractivity contribution in [3.05, 3.63) is 30.1 Å². The fourth-order valence-corrected chi connectivity index (χ4v) is 2.96. The summed E-state index contributed by atoms with van der Waals surface area (Å²) in [6.07, 6.45) is -1.46. The quantitative estimate of drug-likeness (QED) is 0.871. The minimum atomic E-state index is -4.29. The Hall–Kier alpha value is -2.40. The Kier molecular flexibility index (Phi) is 3.82. The van der Waals surface area contributed by atoms with Gasteiger partial charge in [0.2, 0.25) is 0 Å². The van der Waals surface area contributed by atoms with E-state index in [9.17, 15) is 13.2 Å². The number of nitrogens with two attached hydrogens (primary N) is 1. The van der Waals surface area contributed by atoms with Crippen molar-refractivity contribution in [1.29, 1.82) is 5.26 Å². The van der Waals surface area contributed by atoms with E-state index in [1.807, 2.05) is 6.07 Å². The third-order valence-corrected chi connectivity index (χ3v) is 4.01. The predicted molar refractivity (Wildman–Crippen MR) is 78.6 cm³/mol. The van der Waals surface area contributed by atoms with E-state index in [2.05, 4.69) is 9.97 Å². The highest BCUT2D eigenvalue weighted by atomic mass is 19.4. The summed E-state index contributed by atoms with van der Waals surface area (Å²) in [4.78, 5) is 9.92. The second kappa shape index (κ2) is 5.66. The molecule has 0 saturated carbocycles. The average molecular weight is 321 g/mol. The standard InChI is InChI=1S/C15H14F3N5/c16-15(17,18)10-5-11(20)8-23(7-10)12-2-1-9(6-19)13-14(12)22-4-3-21-13/h1-4,10-11H,5,7-8,20H2. The van der Waals surface area contributed by atoms with Crippen LogP contribution in [-0.2, 0) is 0 Å². The van der Waals surface area contributed by atoms with E-state index in [0.717, 1.165) is 0 Å². The van der Waals surface area contributed by atoms with Gasteiger partial charge in [-0.05, 0) is 18.6 Å². The largest absolute Gasteiger partial charge is 0.393 e. The number of piperidine rings is 1. The number of halogens is 3. The lowest BCUT2D eigenvalue weighted by molar-refractivity contribution is -0.177. The summed E-state index contributed by atoms with van der Waals surface area (Å²) in [7, 11) is 0. The molecule has 3 rings (SSSR count). The topological polar surface area (TPSA) is 78.8 Å². The van der Waals surface area contributed by atoms with Gasteiger partial charge in [0.25, 0.3) is 0 Å². The zero-order chi connectivity index (χ0) is 16.6. The molecule has 0 aliphatic carbocycles. The second-order valence-electron chi connectivity index (χ2n) is 5.64. The van der Waals surface area contributed by atoms with Gasteiger partial charge in [0.05, 0.1) is 17.2 Å². The molecule has 8 heteroatoms. The predicted octanol–water partition coefficient (Wildman–Crippen LogP) is 2.22.